The number of pyridine rings is 1. The zero-order chi connectivity index (χ0) is 22.2. The average molecular weight is 492 g/mol. The lowest BCUT2D eigenvalue weighted by Gasteiger charge is -2.28. The predicted molar refractivity (Wildman–Crippen MR) is 122 cm³/mol. The third-order valence-electron chi connectivity index (χ3n) is 4.89. The number of methoxy groups -OCH3 is 3. The fraction of sp³-hybridized carbons (Fsp3) is 0.409. The van der Waals surface area contributed by atoms with Crippen molar-refractivity contribution in [3.8, 4) is 11.5 Å². The van der Waals surface area contributed by atoms with Gasteiger partial charge in [0.1, 0.15) is 34.4 Å². The Kier molecular flexibility index (Phi) is 8.39. The number of aliphatic imine (C=N–C) groups is 1. The van der Waals surface area contributed by atoms with E-state index in [1.807, 2.05) is 24.3 Å². The maximum atomic E-state index is 12.7. The van der Waals surface area contributed by atoms with E-state index >= 15 is 0 Å². The molecule has 1 aliphatic heterocycles. The molecule has 8 nitrogen and oxygen atoms in total. The summed E-state index contributed by atoms with van der Waals surface area (Å²) in [6, 6.07) is 7.40. The van der Waals surface area contributed by atoms with Crippen LogP contribution in [0.5, 0.6) is 11.5 Å². The molecular weight excluding hydrogens is 466 g/mol. The molecule has 1 fully saturated rings. The molecule has 166 valence electrons. The van der Waals surface area contributed by atoms with Crippen LogP contribution in [0, 0.1) is 0 Å². The number of aromatic nitrogens is 1. The molecule has 1 saturated heterocycles. The first kappa shape index (κ1) is 23.2. The molecule has 0 aliphatic carbocycles. The van der Waals surface area contributed by atoms with Gasteiger partial charge in [0, 0.05) is 38.2 Å². The molecule has 3 rings (SSSR count). The lowest BCUT2D eigenvalue weighted by atomic mass is 10.1. The van der Waals surface area contributed by atoms with Gasteiger partial charge in [0.05, 0.1) is 27.4 Å². The van der Waals surface area contributed by atoms with Gasteiger partial charge in [0.25, 0.3) is 0 Å². The molecule has 0 saturated carbocycles. The van der Waals surface area contributed by atoms with Gasteiger partial charge in [0.2, 0.25) is 0 Å². The highest BCUT2D eigenvalue weighted by molar-refractivity contribution is 9.10. The Balaban J connectivity index is 1.66. The Labute approximate surface area is 190 Å². The van der Waals surface area contributed by atoms with Crippen LogP contribution in [0.15, 0.2) is 39.9 Å². The van der Waals surface area contributed by atoms with Crippen LogP contribution in [0.4, 0.5) is 5.82 Å². The fourth-order valence-corrected chi connectivity index (χ4v) is 3.83. The Morgan fingerprint density at radius 3 is 2.45 bits per heavy atom. The van der Waals surface area contributed by atoms with E-state index < -0.39 is 6.10 Å². The van der Waals surface area contributed by atoms with Crippen LogP contribution in [-0.4, -0.2) is 71.2 Å². The normalized spacial score (nSPS) is 15.2. The Morgan fingerprint density at radius 1 is 1.23 bits per heavy atom. The molecule has 0 radical (unpaired) electrons. The van der Waals surface area contributed by atoms with Crippen molar-refractivity contribution in [3.63, 3.8) is 0 Å². The summed E-state index contributed by atoms with van der Waals surface area (Å²) in [4.78, 5) is 23.6. The van der Waals surface area contributed by atoms with Crippen molar-refractivity contribution >= 4 is 33.7 Å². The lowest BCUT2D eigenvalue weighted by molar-refractivity contribution is -0.127. The van der Waals surface area contributed by atoms with Crippen molar-refractivity contribution < 1.29 is 23.7 Å². The van der Waals surface area contributed by atoms with Crippen LogP contribution < -0.4 is 14.4 Å². The Morgan fingerprint density at radius 2 is 1.90 bits per heavy atom. The number of rotatable bonds is 9. The first-order valence-corrected chi connectivity index (χ1v) is 10.6. The smallest absolute Gasteiger partial charge is 0.187 e. The highest BCUT2D eigenvalue weighted by Gasteiger charge is 2.21. The topological polar surface area (TPSA) is 82.5 Å². The number of anilines is 1. The van der Waals surface area contributed by atoms with Crippen LogP contribution in [0.2, 0.25) is 0 Å². The standard InChI is InChI=1S/C22H26BrN3O5/c1-28-18-10-15(11-19(29-2)21(18)23)12-24-14-17(27)22(30-3)16-4-5-20(25-13-16)26-6-8-31-9-7-26/h4-5,10-13,22H,6-9,14H2,1-3H3. The molecule has 1 unspecified atom stereocenters. The Bertz CT molecular complexity index is 889. The second-order valence-electron chi connectivity index (χ2n) is 6.84. The molecule has 1 aromatic carbocycles. The van der Waals surface area contributed by atoms with E-state index in [0.29, 0.717) is 30.3 Å². The molecule has 2 aromatic rings. The minimum atomic E-state index is -0.725. The minimum absolute atomic E-state index is 0.0234. The molecule has 1 aliphatic rings. The summed E-state index contributed by atoms with van der Waals surface area (Å²) in [5.74, 6) is 1.95. The van der Waals surface area contributed by atoms with Gasteiger partial charge in [-0.25, -0.2) is 4.98 Å². The molecule has 31 heavy (non-hydrogen) atoms. The van der Waals surface area contributed by atoms with E-state index in [2.05, 4.69) is 30.8 Å². The van der Waals surface area contributed by atoms with E-state index in [1.54, 1.807) is 26.6 Å². The number of morpholine rings is 1. The second kappa shape index (κ2) is 11.2. The number of Topliss-reactive ketones (excluding diaryl/α,β-unsaturated/α-hetero) is 1. The van der Waals surface area contributed by atoms with Gasteiger partial charge in [-0.2, -0.15) is 0 Å². The quantitative estimate of drug-likeness (QED) is 0.498. The maximum absolute atomic E-state index is 12.7. The molecule has 2 heterocycles. The number of carbonyl (C=O) groups is 1. The minimum Gasteiger partial charge on any atom is -0.495 e. The van der Waals surface area contributed by atoms with Crippen molar-refractivity contribution in [2.45, 2.75) is 6.10 Å². The molecule has 9 heteroatoms. The molecule has 0 spiro atoms. The zero-order valence-electron chi connectivity index (χ0n) is 17.8. The third-order valence-corrected chi connectivity index (χ3v) is 5.67. The van der Waals surface area contributed by atoms with Crippen LogP contribution in [0.1, 0.15) is 17.2 Å². The lowest BCUT2D eigenvalue weighted by Crippen LogP contribution is -2.36. The predicted octanol–water partition coefficient (Wildman–Crippen LogP) is 3.07. The van der Waals surface area contributed by atoms with Crippen molar-refractivity contribution in [2.75, 3.05) is 59.1 Å². The average Bonchev–Trinajstić information content (AvgIpc) is 2.81. The van der Waals surface area contributed by atoms with E-state index in [1.165, 1.54) is 7.11 Å². The molecule has 0 N–H and O–H groups in total. The van der Waals surface area contributed by atoms with E-state index in [4.69, 9.17) is 18.9 Å². The first-order valence-electron chi connectivity index (χ1n) is 9.83. The first-order chi connectivity index (χ1) is 15.1. The van der Waals surface area contributed by atoms with Gasteiger partial charge >= 0.3 is 0 Å². The number of carbonyl (C=O) groups excluding carboxylic acids is 1. The molecule has 0 amide bonds. The number of hydrogen-bond acceptors (Lipinski definition) is 8. The maximum Gasteiger partial charge on any atom is 0.187 e. The zero-order valence-corrected chi connectivity index (χ0v) is 19.4. The number of nitrogens with zero attached hydrogens (tertiary/aromatic N) is 3. The van der Waals surface area contributed by atoms with Gasteiger partial charge in [-0.05, 0) is 39.7 Å². The van der Waals surface area contributed by atoms with Gasteiger partial charge < -0.3 is 23.8 Å². The van der Waals surface area contributed by atoms with Crippen molar-refractivity contribution in [2.24, 2.45) is 4.99 Å². The number of benzene rings is 1. The highest BCUT2D eigenvalue weighted by atomic mass is 79.9. The third kappa shape index (κ3) is 5.81. The van der Waals surface area contributed by atoms with Crippen molar-refractivity contribution in [1.82, 2.24) is 4.98 Å². The summed E-state index contributed by atoms with van der Waals surface area (Å²) >= 11 is 3.43. The van der Waals surface area contributed by atoms with Crippen LogP contribution in [0.25, 0.3) is 0 Å². The van der Waals surface area contributed by atoms with Crippen molar-refractivity contribution in [1.29, 1.82) is 0 Å². The highest BCUT2D eigenvalue weighted by Crippen LogP contribution is 2.35. The molecule has 1 atom stereocenters. The molecule has 1 aromatic heterocycles. The summed E-state index contributed by atoms with van der Waals surface area (Å²) in [5.41, 5.74) is 1.46. The number of hydrogen-bond donors (Lipinski definition) is 0. The van der Waals surface area contributed by atoms with Crippen LogP contribution in [-0.2, 0) is 14.3 Å². The van der Waals surface area contributed by atoms with Gasteiger partial charge in [-0.15, -0.1) is 0 Å². The number of ether oxygens (including phenoxy) is 4. The van der Waals surface area contributed by atoms with Crippen molar-refractivity contribution in [3.05, 3.63) is 46.1 Å². The van der Waals surface area contributed by atoms with E-state index in [0.717, 1.165) is 28.9 Å². The summed E-state index contributed by atoms with van der Waals surface area (Å²) in [7, 11) is 4.66. The van der Waals surface area contributed by atoms with Gasteiger partial charge in [0.15, 0.2) is 5.78 Å². The van der Waals surface area contributed by atoms with Crippen LogP contribution in [0.3, 0.4) is 0 Å². The van der Waals surface area contributed by atoms with Crippen LogP contribution >= 0.6 is 15.9 Å². The SMILES string of the molecule is COc1cc(C=NCC(=O)C(OC)c2ccc(N3CCOCC3)nc2)cc(OC)c1Br. The molecular formula is C22H26BrN3O5. The molecule has 0 bridgehead atoms. The summed E-state index contributed by atoms with van der Waals surface area (Å²) < 4.78 is 22.2. The number of ketones is 1. The second-order valence-corrected chi connectivity index (χ2v) is 7.63. The van der Waals surface area contributed by atoms with E-state index in [-0.39, 0.29) is 12.3 Å². The Hall–Kier alpha value is -2.49. The largest absolute Gasteiger partial charge is 0.495 e. The number of halogens is 1. The van der Waals surface area contributed by atoms with Gasteiger partial charge in [-0.1, -0.05) is 6.07 Å². The fourth-order valence-electron chi connectivity index (χ4n) is 3.27. The van der Waals surface area contributed by atoms with E-state index in [9.17, 15) is 4.79 Å². The summed E-state index contributed by atoms with van der Waals surface area (Å²) in [6.45, 7) is 2.97. The monoisotopic (exact) mass is 491 g/mol. The van der Waals surface area contributed by atoms with Gasteiger partial charge in [-0.3, -0.25) is 9.79 Å². The summed E-state index contributed by atoms with van der Waals surface area (Å²) in [6.07, 6.45) is 2.57. The summed E-state index contributed by atoms with van der Waals surface area (Å²) in [5, 5.41) is 0.